The zero-order chi connectivity index (χ0) is 14.9. The Morgan fingerprint density at radius 3 is 2.45 bits per heavy atom. The lowest BCUT2D eigenvalue weighted by Gasteiger charge is -2.23. The maximum absolute atomic E-state index is 12.6. The molecular formula is C16H24N2OS. The van der Waals surface area contributed by atoms with Crippen LogP contribution >= 0.6 is 11.8 Å². The SMILES string of the molecule is CS[C@H]1CN(C(=O)c2ccc(C)c(C)c2)C[C@H]1N(C)C. The maximum atomic E-state index is 12.6. The predicted octanol–water partition coefficient (Wildman–Crippen LogP) is 2.42. The summed E-state index contributed by atoms with van der Waals surface area (Å²) in [4.78, 5) is 16.9. The van der Waals surface area contributed by atoms with Gasteiger partial charge >= 0.3 is 0 Å². The number of nitrogens with zero attached hydrogens (tertiary/aromatic N) is 2. The lowest BCUT2D eigenvalue weighted by Crippen LogP contribution is -2.37. The van der Waals surface area contributed by atoms with E-state index in [4.69, 9.17) is 0 Å². The monoisotopic (exact) mass is 292 g/mol. The zero-order valence-electron chi connectivity index (χ0n) is 13.0. The molecule has 1 saturated heterocycles. The molecule has 0 aromatic heterocycles. The summed E-state index contributed by atoms with van der Waals surface area (Å²) in [5.74, 6) is 0.163. The summed E-state index contributed by atoms with van der Waals surface area (Å²) in [6, 6.07) is 6.44. The molecule has 2 atom stereocenters. The second-order valence-corrected chi connectivity index (χ2v) is 6.89. The summed E-state index contributed by atoms with van der Waals surface area (Å²) in [7, 11) is 4.19. The summed E-state index contributed by atoms with van der Waals surface area (Å²) in [5, 5.41) is 0.500. The van der Waals surface area contributed by atoms with E-state index in [-0.39, 0.29) is 5.91 Å². The molecule has 3 nitrogen and oxygen atoms in total. The molecule has 20 heavy (non-hydrogen) atoms. The van der Waals surface area contributed by atoms with Crippen LogP contribution in [-0.4, -0.2) is 60.4 Å². The number of carbonyl (C=O) groups excluding carboxylic acids is 1. The van der Waals surface area contributed by atoms with Crippen molar-refractivity contribution in [2.45, 2.75) is 25.1 Å². The molecule has 1 amide bonds. The predicted molar refractivity (Wildman–Crippen MR) is 86.6 cm³/mol. The van der Waals surface area contributed by atoms with E-state index < -0.39 is 0 Å². The number of aryl methyl sites for hydroxylation is 2. The van der Waals surface area contributed by atoms with Crippen LogP contribution < -0.4 is 0 Å². The fourth-order valence-electron chi connectivity index (χ4n) is 2.71. The van der Waals surface area contributed by atoms with Gasteiger partial charge in [-0.15, -0.1) is 0 Å². The standard InChI is InChI=1S/C16H24N2OS/c1-11-6-7-13(8-12(11)2)16(19)18-9-14(17(3)4)15(10-18)20-5/h6-8,14-15H,9-10H2,1-5H3/t14-,15+/m1/s1. The highest BCUT2D eigenvalue weighted by Gasteiger charge is 2.36. The lowest BCUT2D eigenvalue weighted by molar-refractivity contribution is 0.0783. The highest BCUT2D eigenvalue weighted by Crippen LogP contribution is 2.25. The molecule has 0 bridgehead atoms. The number of benzene rings is 1. The Kier molecular flexibility index (Phi) is 4.76. The molecule has 1 aliphatic heterocycles. The molecule has 1 heterocycles. The van der Waals surface area contributed by atoms with Crippen LogP contribution in [0, 0.1) is 13.8 Å². The first-order valence-corrected chi connectivity index (χ1v) is 8.28. The minimum Gasteiger partial charge on any atom is -0.336 e. The number of thioether (sulfide) groups is 1. The summed E-state index contributed by atoms with van der Waals surface area (Å²) in [5.41, 5.74) is 3.23. The third kappa shape index (κ3) is 3.01. The topological polar surface area (TPSA) is 23.6 Å². The second-order valence-electron chi connectivity index (χ2n) is 5.81. The van der Waals surface area contributed by atoms with E-state index in [2.05, 4.69) is 39.1 Å². The Bertz CT molecular complexity index is 501. The van der Waals surface area contributed by atoms with Crippen molar-refractivity contribution >= 4 is 17.7 Å². The van der Waals surface area contributed by atoms with E-state index in [1.807, 2.05) is 34.9 Å². The molecule has 0 aliphatic carbocycles. The van der Waals surface area contributed by atoms with Gasteiger partial charge in [0.05, 0.1) is 0 Å². The van der Waals surface area contributed by atoms with E-state index in [0.717, 1.165) is 18.7 Å². The smallest absolute Gasteiger partial charge is 0.253 e. The molecule has 1 fully saturated rings. The highest BCUT2D eigenvalue weighted by molar-refractivity contribution is 7.99. The van der Waals surface area contributed by atoms with Gasteiger partial charge in [-0.05, 0) is 57.5 Å². The number of likely N-dealkylation sites (tertiary alicyclic amines) is 1. The Labute approximate surface area is 126 Å². The van der Waals surface area contributed by atoms with Crippen molar-refractivity contribution in [3.63, 3.8) is 0 Å². The van der Waals surface area contributed by atoms with Crippen molar-refractivity contribution in [1.82, 2.24) is 9.80 Å². The average Bonchev–Trinajstić information content (AvgIpc) is 2.85. The second kappa shape index (κ2) is 6.19. The third-order valence-corrected chi connectivity index (χ3v) is 5.31. The fourth-order valence-corrected chi connectivity index (χ4v) is 3.68. The molecule has 1 aliphatic rings. The number of amides is 1. The fraction of sp³-hybridized carbons (Fsp3) is 0.562. The Morgan fingerprint density at radius 1 is 1.25 bits per heavy atom. The quantitative estimate of drug-likeness (QED) is 0.855. The van der Waals surface area contributed by atoms with Crippen LogP contribution in [0.5, 0.6) is 0 Å². The number of rotatable bonds is 3. The van der Waals surface area contributed by atoms with Gasteiger partial charge in [-0.2, -0.15) is 11.8 Å². The van der Waals surface area contributed by atoms with Gasteiger partial charge in [0.2, 0.25) is 0 Å². The Morgan fingerprint density at radius 2 is 1.95 bits per heavy atom. The highest BCUT2D eigenvalue weighted by atomic mass is 32.2. The first kappa shape index (κ1) is 15.4. The summed E-state index contributed by atoms with van der Waals surface area (Å²) >= 11 is 1.86. The first-order valence-electron chi connectivity index (χ1n) is 6.99. The summed E-state index contributed by atoms with van der Waals surface area (Å²) < 4.78 is 0. The molecule has 1 aromatic carbocycles. The minimum absolute atomic E-state index is 0.163. The Balaban J connectivity index is 2.16. The van der Waals surface area contributed by atoms with Crippen LogP contribution in [0.15, 0.2) is 18.2 Å². The van der Waals surface area contributed by atoms with Crippen LogP contribution in [0.3, 0.4) is 0 Å². The van der Waals surface area contributed by atoms with E-state index >= 15 is 0 Å². The molecule has 0 unspecified atom stereocenters. The summed E-state index contributed by atoms with van der Waals surface area (Å²) in [6.45, 7) is 5.80. The van der Waals surface area contributed by atoms with Gasteiger partial charge in [0.15, 0.2) is 0 Å². The van der Waals surface area contributed by atoms with Gasteiger partial charge in [-0.3, -0.25) is 4.79 Å². The minimum atomic E-state index is 0.163. The van der Waals surface area contributed by atoms with Crippen molar-refractivity contribution < 1.29 is 4.79 Å². The van der Waals surface area contributed by atoms with Crippen LogP contribution in [0.4, 0.5) is 0 Å². The molecule has 0 N–H and O–H groups in total. The lowest BCUT2D eigenvalue weighted by atomic mass is 10.1. The number of hydrogen-bond donors (Lipinski definition) is 0. The molecule has 4 heteroatoms. The van der Waals surface area contributed by atoms with Crippen LogP contribution in [-0.2, 0) is 0 Å². The Hall–Kier alpha value is -1.00. The van der Waals surface area contributed by atoms with Gasteiger partial charge in [0.25, 0.3) is 5.91 Å². The van der Waals surface area contributed by atoms with E-state index in [9.17, 15) is 4.79 Å². The van der Waals surface area contributed by atoms with Crippen molar-refractivity contribution in [2.75, 3.05) is 33.4 Å². The number of hydrogen-bond acceptors (Lipinski definition) is 3. The molecule has 2 rings (SSSR count). The largest absolute Gasteiger partial charge is 0.336 e. The van der Waals surface area contributed by atoms with Gasteiger partial charge < -0.3 is 9.80 Å². The van der Waals surface area contributed by atoms with Gasteiger partial charge in [0, 0.05) is 29.9 Å². The molecule has 0 spiro atoms. The molecule has 1 aromatic rings. The van der Waals surface area contributed by atoms with Crippen molar-refractivity contribution in [3.05, 3.63) is 34.9 Å². The number of likely N-dealkylation sites (N-methyl/N-ethyl adjacent to an activating group) is 1. The third-order valence-electron chi connectivity index (χ3n) is 4.24. The van der Waals surface area contributed by atoms with Crippen molar-refractivity contribution in [3.8, 4) is 0 Å². The first-order chi connectivity index (χ1) is 9.43. The molecule has 0 saturated carbocycles. The molecular weight excluding hydrogens is 268 g/mol. The van der Waals surface area contributed by atoms with Gasteiger partial charge in [-0.25, -0.2) is 0 Å². The summed E-state index contributed by atoms with van der Waals surface area (Å²) in [6.07, 6.45) is 2.13. The maximum Gasteiger partial charge on any atom is 0.253 e. The van der Waals surface area contributed by atoms with Gasteiger partial charge in [0.1, 0.15) is 0 Å². The molecule has 110 valence electrons. The van der Waals surface area contributed by atoms with E-state index in [1.165, 1.54) is 11.1 Å². The van der Waals surface area contributed by atoms with Crippen LogP contribution in [0.25, 0.3) is 0 Å². The normalized spacial score (nSPS) is 22.6. The average molecular weight is 292 g/mol. The molecule has 0 radical (unpaired) electrons. The number of carbonyl (C=O) groups is 1. The van der Waals surface area contributed by atoms with Crippen molar-refractivity contribution in [1.29, 1.82) is 0 Å². The van der Waals surface area contributed by atoms with E-state index in [0.29, 0.717) is 11.3 Å². The van der Waals surface area contributed by atoms with Crippen LogP contribution in [0.1, 0.15) is 21.5 Å². The van der Waals surface area contributed by atoms with Crippen molar-refractivity contribution in [2.24, 2.45) is 0 Å². The van der Waals surface area contributed by atoms with Crippen LogP contribution in [0.2, 0.25) is 0 Å². The van der Waals surface area contributed by atoms with Gasteiger partial charge in [-0.1, -0.05) is 6.07 Å². The van der Waals surface area contributed by atoms with E-state index in [1.54, 1.807) is 0 Å². The zero-order valence-corrected chi connectivity index (χ0v) is 13.8.